The fourth-order valence-electron chi connectivity index (χ4n) is 7.28. The summed E-state index contributed by atoms with van der Waals surface area (Å²) in [5.74, 6) is 2.20. The summed E-state index contributed by atoms with van der Waals surface area (Å²) in [6.07, 6.45) is 3.91. The number of hydrogen-bond donors (Lipinski definition) is 0. The van der Waals surface area contributed by atoms with Gasteiger partial charge < -0.3 is 4.74 Å². The van der Waals surface area contributed by atoms with Crippen molar-refractivity contribution in [1.29, 1.82) is 0 Å². The Bertz CT molecular complexity index is 2240. The van der Waals surface area contributed by atoms with Gasteiger partial charge in [0, 0.05) is 27.6 Å². The molecule has 3 heterocycles. The van der Waals surface area contributed by atoms with E-state index in [1.165, 1.54) is 37.6 Å². The Labute approximate surface area is 298 Å². The van der Waals surface area contributed by atoms with E-state index in [0.717, 1.165) is 28.4 Å². The summed E-state index contributed by atoms with van der Waals surface area (Å²) in [5.41, 5.74) is 9.36. The summed E-state index contributed by atoms with van der Waals surface area (Å²) in [7, 11) is 0. The minimum Gasteiger partial charge on any atom is -0.457 e. The molecule has 7 aromatic rings. The van der Waals surface area contributed by atoms with E-state index in [1.54, 1.807) is 0 Å². The van der Waals surface area contributed by atoms with Crippen LogP contribution in [-0.4, -0.2) is 20.0 Å². The average molecular weight is 671 g/mol. The Balaban J connectivity index is 1.18. The molecule has 1 aliphatic heterocycles. The summed E-state index contributed by atoms with van der Waals surface area (Å²) in [6, 6.07) is 46.6. The van der Waals surface area contributed by atoms with Crippen molar-refractivity contribution in [2.45, 2.75) is 54.7 Å². The predicted molar refractivity (Wildman–Crippen MR) is 202 cm³/mol. The van der Waals surface area contributed by atoms with Crippen molar-refractivity contribution >= 4 is 11.8 Å². The molecule has 8 rings (SSSR count). The van der Waals surface area contributed by atoms with Crippen LogP contribution in [0.15, 0.2) is 156 Å². The normalized spacial score (nSPS) is 13.2. The Kier molecular flexibility index (Phi) is 8.33. The van der Waals surface area contributed by atoms with Gasteiger partial charge in [-0.1, -0.05) is 124 Å². The first-order chi connectivity index (χ1) is 24.4. The number of nitrogens with zero attached hydrogens (tertiary/aromatic N) is 4. The van der Waals surface area contributed by atoms with Crippen LogP contribution < -0.4 is 4.74 Å². The minimum atomic E-state index is -0.626. The predicted octanol–water partition coefficient (Wildman–Crippen LogP) is 11.2. The lowest BCUT2D eigenvalue weighted by Gasteiger charge is -2.40. The second-order valence-electron chi connectivity index (χ2n) is 13.4. The second kappa shape index (κ2) is 13.1. The lowest BCUT2D eigenvalue weighted by molar-refractivity contribution is 0.480. The molecule has 2 aromatic heterocycles. The molecule has 0 saturated heterocycles. The van der Waals surface area contributed by atoms with Gasteiger partial charge >= 0.3 is 0 Å². The molecule has 5 nitrogen and oxygen atoms in total. The molecule has 6 heteroatoms. The summed E-state index contributed by atoms with van der Waals surface area (Å²) in [5, 5.41) is 9.24. The monoisotopic (exact) mass is 670 g/mol. The highest BCUT2D eigenvalue weighted by Crippen LogP contribution is 2.55. The van der Waals surface area contributed by atoms with Gasteiger partial charge in [0.2, 0.25) is 0 Å². The average Bonchev–Trinajstić information content (AvgIpc) is 3.64. The molecule has 0 bridgehead atoms. The van der Waals surface area contributed by atoms with Crippen molar-refractivity contribution in [3.8, 4) is 28.4 Å². The standard InChI is InChI=1S/C44H38N4OS/c1-29(2)35-18-13-19-36(30(3)4)43(35)39-28-48(47-46-39)32-15-12-17-34(27-32)49-33-16-11-14-31(26-33)44(42-24-9-10-25-45-42)37-20-5-7-22-40(37)50-41-23-8-6-21-38(41)44/h5-30H,1-4H3. The number of benzene rings is 5. The van der Waals surface area contributed by atoms with Gasteiger partial charge in [-0.3, -0.25) is 4.98 Å². The molecule has 0 spiro atoms. The number of fused-ring (bicyclic) bond motifs is 2. The van der Waals surface area contributed by atoms with Crippen molar-refractivity contribution in [2.75, 3.05) is 0 Å². The third-order valence-corrected chi connectivity index (χ3v) is 10.7. The van der Waals surface area contributed by atoms with E-state index in [4.69, 9.17) is 9.72 Å². The van der Waals surface area contributed by atoms with Gasteiger partial charge in [-0.2, -0.15) is 0 Å². The van der Waals surface area contributed by atoms with Crippen LogP contribution in [0.2, 0.25) is 0 Å². The Morgan fingerprint density at radius 2 is 1.26 bits per heavy atom. The van der Waals surface area contributed by atoms with Crippen LogP contribution >= 0.6 is 11.8 Å². The fraction of sp³-hybridized carbons (Fsp3) is 0.159. The maximum absolute atomic E-state index is 6.63. The fourth-order valence-corrected chi connectivity index (χ4v) is 8.48. The van der Waals surface area contributed by atoms with Crippen LogP contribution in [0.3, 0.4) is 0 Å². The molecule has 50 heavy (non-hydrogen) atoms. The third-order valence-electron chi connectivity index (χ3n) is 9.56. The van der Waals surface area contributed by atoms with Gasteiger partial charge in [0.15, 0.2) is 0 Å². The lowest BCUT2D eigenvalue weighted by Crippen LogP contribution is -2.34. The topological polar surface area (TPSA) is 52.8 Å². The van der Waals surface area contributed by atoms with E-state index < -0.39 is 5.41 Å². The lowest BCUT2D eigenvalue weighted by atomic mass is 9.66. The highest BCUT2D eigenvalue weighted by molar-refractivity contribution is 7.99. The van der Waals surface area contributed by atoms with Crippen LogP contribution in [0.4, 0.5) is 0 Å². The van der Waals surface area contributed by atoms with E-state index in [2.05, 4.69) is 135 Å². The van der Waals surface area contributed by atoms with Crippen LogP contribution in [0.25, 0.3) is 16.9 Å². The smallest absolute Gasteiger partial charge is 0.129 e. The molecule has 246 valence electrons. The molecular weight excluding hydrogens is 633 g/mol. The van der Waals surface area contributed by atoms with Crippen molar-refractivity contribution in [3.05, 3.63) is 179 Å². The van der Waals surface area contributed by atoms with E-state index in [1.807, 2.05) is 65.2 Å². The van der Waals surface area contributed by atoms with E-state index in [-0.39, 0.29) is 0 Å². The van der Waals surface area contributed by atoms with Gasteiger partial charge in [0.1, 0.15) is 17.2 Å². The Morgan fingerprint density at radius 3 is 1.92 bits per heavy atom. The number of rotatable bonds is 8. The molecule has 5 aromatic carbocycles. The Morgan fingerprint density at radius 1 is 0.640 bits per heavy atom. The zero-order chi connectivity index (χ0) is 34.2. The van der Waals surface area contributed by atoms with Crippen molar-refractivity contribution < 1.29 is 4.74 Å². The first-order valence-electron chi connectivity index (χ1n) is 17.2. The van der Waals surface area contributed by atoms with E-state index >= 15 is 0 Å². The molecule has 0 atom stereocenters. The molecule has 0 fully saturated rings. The van der Waals surface area contributed by atoms with Gasteiger partial charge in [0.25, 0.3) is 0 Å². The summed E-state index contributed by atoms with van der Waals surface area (Å²) in [4.78, 5) is 7.44. The molecule has 0 unspecified atom stereocenters. The van der Waals surface area contributed by atoms with Gasteiger partial charge in [-0.05, 0) is 88.2 Å². The molecule has 0 saturated carbocycles. The number of ether oxygens (including phenoxy) is 1. The first kappa shape index (κ1) is 31.8. The molecule has 0 amide bonds. The number of aromatic nitrogens is 4. The number of hydrogen-bond acceptors (Lipinski definition) is 5. The number of pyridine rings is 1. The maximum atomic E-state index is 6.63. The summed E-state index contributed by atoms with van der Waals surface area (Å²) >= 11 is 1.81. The van der Waals surface area contributed by atoms with E-state index in [0.29, 0.717) is 17.6 Å². The summed E-state index contributed by atoms with van der Waals surface area (Å²) in [6.45, 7) is 8.91. The molecular formula is C44H38N4OS. The molecule has 0 radical (unpaired) electrons. The third kappa shape index (κ3) is 5.50. The molecule has 0 aliphatic carbocycles. The zero-order valence-electron chi connectivity index (χ0n) is 28.6. The maximum Gasteiger partial charge on any atom is 0.129 e. The first-order valence-corrected chi connectivity index (χ1v) is 18.0. The zero-order valence-corrected chi connectivity index (χ0v) is 29.4. The van der Waals surface area contributed by atoms with Gasteiger partial charge in [-0.25, -0.2) is 4.68 Å². The van der Waals surface area contributed by atoms with Crippen molar-refractivity contribution in [1.82, 2.24) is 20.0 Å². The summed E-state index contributed by atoms with van der Waals surface area (Å²) < 4.78 is 8.47. The highest BCUT2D eigenvalue weighted by Gasteiger charge is 2.45. The van der Waals surface area contributed by atoms with Gasteiger partial charge in [-0.15, -0.1) is 5.10 Å². The molecule has 0 N–H and O–H groups in total. The molecule has 1 aliphatic rings. The minimum absolute atomic E-state index is 0.368. The van der Waals surface area contributed by atoms with Crippen molar-refractivity contribution in [3.63, 3.8) is 0 Å². The van der Waals surface area contributed by atoms with Crippen LogP contribution in [0, 0.1) is 0 Å². The van der Waals surface area contributed by atoms with Crippen LogP contribution in [-0.2, 0) is 5.41 Å². The quantitative estimate of drug-likeness (QED) is 0.161. The van der Waals surface area contributed by atoms with Crippen LogP contribution in [0.1, 0.15) is 73.0 Å². The largest absolute Gasteiger partial charge is 0.457 e. The van der Waals surface area contributed by atoms with E-state index in [9.17, 15) is 0 Å². The van der Waals surface area contributed by atoms with Crippen molar-refractivity contribution in [2.24, 2.45) is 0 Å². The SMILES string of the molecule is CC(C)c1cccc(C(C)C)c1-c1cn(-c2cccc(Oc3cccc(C4(c5ccccn5)c5ccccc5Sc5ccccc54)c3)c2)nn1. The van der Waals surface area contributed by atoms with Crippen LogP contribution in [0.5, 0.6) is 11.5 Å². The van der Waals surface area contributed by atoms with Gasteiger partial charge in [0.05, 0.1) is 23.0 Å². The Hall–Kier alpha value is -5.46. The highest BCUT2D eigenvalue weighted by atomic mass is 32.2. The second-order valence-corrected chi connectivity index (χ2v) is 14.4.